The normalized spacial score (nSPS) is 17.0. The standard InChI is InChI=1S/C19H22BrN3O/c1-13-11-15(20)8-7-14(13)12-22-19(21-2)23-17-9-10-24-18-6-4-3-5-16(17)18/h3-8,11,17H,9-10,12H2,1-2H3,(H2,21,22,23). The molecular formula is C19H22BrN3O. The average molecular weight is 388 g/mol. The van der Waals surface area contributed by atoms with Crippen molar-refractivity contribution in [3.63, 3.8) is 0 Å². The van der Waals surface area contributed by atoms with Crippen LogP contribution >= 0.6 is 15.9 Å². The van der Waals surface area contributed by atoms with Crippen LogP contribution in [0.1, 0.15) is 29.2 Å². The van der Waals surface area contributed by atoms with Gasteiger partial charge in [-0.1, -0.05) is 40.2 Å². The predicted octanol–water partition coefficient (Wildman–Crippen LogP) is 3.95. The third-order valence-corrected chi connectivity index (χ3v) is 4.74. The molecule has 1 heterocycles. The number of hydrogen-bond donors (Lipinski definition) is 2. The summed E-state index contributed by atoms with van der Waals surface area (Å²) in [5.74, 6) is 1.76. The molecule has 1 aliphatic heterocycles. The maximum absolute atomic E-state index is 5.72. The lowest BCUT2D eigenvalue weighted by Gasteiger charge is -2.28. The van der Waals surface area contributed by atoms with Crippen LogP contribution in [0.2, 0.25) is 0 Å². The van der Waals surface area contributed by atoms with E-state index in [4.69, 9.17) is 4.74 Å². The number of guanidine groups is 1. The fourth-order valence-electron chi connectivity index (χ4n) is 2.89. The maximum atomic E-state index is 5.72. The van der Waals surface area contributed by atoms with Gasteiger partial charge in [0.2, 0.25) is 0 Å². The van der Waals surface area contributed by atoms with Crippen molar-refractivity contribution in [2.24, 2.45) is 4.99 Å². The first-order chi connectivity index (χ1) is 11.7. The molecule has 3 rings (SSSR count). The fourth-order valence-corrected chi connectivity index (χ4v) is 3.36. The first-order valence-electron chi connectivity index (χ1n) is 8.11. The Labute approximate surface area is 151 Å². The van der Waals surface area contributed by atoms with Crippen molar-refractivity contribution >= 4 is 21.9 Å². The summed E-state index contributed by atoms with van der Waals surface area (Å²) >= 11 is 3.50. The molecule has 0 bridgehead atoms. The fraction of sp³-hybridized carbons (Fsp3) is 0.316. The Morgan fingerprint density at radius 1 is 1.29 bits per heavy atom. The third kappa shape index (κ3) is 3.90. The number of halogens is 1. The molecule has 5 heteroatoms. The van der Waals surface area contributed by atoms with E-state index in [1.165, 1.54) is 16.7 Å². The molecule has 4 nitrogen and oxygen atoms in total. The van der Waals surface area contributed by atoms with E-state index in [1.54, 1.807) is 7.05 Å². The van der Waals surface area contributed by atoms with Gasteiger partial charge in [0.15, 0.2) is 5.96 Å². The average Bonchev–Trinajstić information content (AvgIpc) is 2.60. The van der Waals surface area contributed by atoms with Crippen LogP contribution in [0.5, 0.6) is 5.75 Å². The van der Waals surface area contributed by atoms with Crippen molar-refractivity contribution in [3.05, 3.63) is 63.6 Å². The number of aryl methyl sites for hydroxylation is 1. The highest BCUT2D eigenvalue weighted by Gasteiger charge is 2.21. The predicted molar refractivity (Wildman–Crippen MR) is 102 cm³/mol. The molecule has 2 aromatic rings. The lowest BCUT2D eigenvalue weighted by Crippen LogP contribution is -2.40. The van der Waals surface area contributed by atoms with Gasteiger partial charge in [0.1, 0.15) is 5.75 Å². The number of benzene rings is 2. The molecule has 0 spiro atoms. The minimum Gasteiger partial charge on any atom is -0.493 e. The molecule has 0 aliphatic carbocycles. The van der Waals surface area contributed by atoms with Gasteiger partial charge in [-0.25, -0.2) is 0 Å². The van der Waals surface area contributed by atoms with E-state index in [0.717, 1.165) is 35.8 Å². The zero-order chi connectivity index (χ0) is 16.9. The summed E-state index contributed by atoms with van der Waals surface area (Å²) in [5.41, 5.74) is 3.70. The highest BCUT2D eigenvalue weighted by Crippen LogP contribution is 2.31. The minimum atomic E-state index is 0.215. The summed E-state index contributed by atoms with van der Waals surface area (Å²) in [4.78, 5) is 4.36. The van der Waals surface area contributed by atoms with Crippen LogP contribution in [0, 0.1) is 6.92 Å². The summed E-state index contributed by atoms with van der Waals surface area (Å²) in [6, 6.07) is 14.7. The number of hydrogen-bond acceptors (Lipinski definition) is 2. The van der Waals surface area contributed by atoms with E-state index in [1.807, 2.05) is 18.2 Å². The Morgan fingerprint density at radius 3 is 2.92 bits per heavy atom. The summed E-state index contributed by atoms with van der Waals surface area (Å²) in [6.07, 6.45) is 0.926. The van der Waals surface area contributed by atoms with Gasteiger partial charge in [-0.15, -0.1) is 0 Å². The quantitative estimate of drug-likeness (QED) is 0.618. The molecule has 2 aromatic carbocycles. The monoisotopic (exact) mass is 387 g/mol. The minimum absolute atomic E-state index is 0.215. The van der Waals surface area contributed by atoms with Gasteiger partial charge in [-0.05, 0) is 36.2 Å². The number of fused-ring (bicyclic) bond motifs is 1. The van der Waals surface area contributed by atoms with Crippen molar-refractivity contribution in [3.8, 4) is 5.75 Å². The Bertz CT molecular complexity index is 745. The second kappa shape index (κ2) is 7.71. The van der Waals surface area contributed by atoms with Crippen molar-refractivity contribution in [1.82, 2.24) is 10.6 Å². The van der Waals surface area contributed by atoms with Crippen LogP contribution in [-0.2, 0) is 6.54 Å². The molecule has 1 atom stereocenters. The Kier molecular flexibility index (Phi) is 5.41. The van der Waals surface area contributed by atoms with E-state index in [-0.39, 0.29) is 6.04 Å². The molecule has 126 valence electrons. The van der Waals surface area contributed by atoms with Gasteiger partial charge < -0.3 is 15.4 Å². The van der Waals surface area contributed by atoms with Gasteiger partial charge in [-0.2, -0.15) is 0 Å². The molecule has 0 fully saturated rings. The summed E-state index contributed by atoms with van der Waals surface area (Å²) < 4.78 is 6.82. The molecule has 24 heavy (non-hydrogen) atoms. The first kappa shape index (κ1) is 16.8. The zero-order valence-electron chi connectivity index (χ0n) is 14.0. The molecule has 0 amide bonds. The maximum Gasteiger partial charge on any atom is 0.191 e. The smallest absolute Gasteiger partial charge is 0.191 e. The number of ether oxygens (including phenoxy) is 1. The van der Waals surface area contributed by atoms with Crippen LogP contribution in [-0.4, -0.2) is 19.6 Å². The summed E-state index contributed by atoms with van der Waals surface area (Å²) in [5, 5.41) is 6.92. The van der Waals surface area contributed by atoms with Crippen LogP contribution in [0.15, 0.2) is 51.9 Å². The van der Waals surface area contributed by atoms with Gasteiger partial charge in [0.05, 0.1) is 12.6 Å². The molecule has 0 saturated carbocycles. The first-order valence-corrected chi connectivity index (χ1v) is 8.90. The Balaban J connectivity index is 1.66. The lowest BCUT2D eigenvalue weighted by molar-refractivity contribution is 0.261. The van der Waals surface area contributed by atoms with Gasteiger partial charge >= 0.3 is 0 Å². The van der Waals surface area contributed by atoms with E-state index in [2.05, 4.69) is 62.7 Å². The van der Waals surface area contributed by atoms with E-state index >= 15 is 0 Å². The second-order valence-electron chi connectivity index (χ2n) is 5.87. The molecule has 0 radical (unpaired) electrons. The summed E-state index contributed by atoms with van der Waals surface area (Å²) in [6.45, 7) is 3.58. The number of nitrogens with one attached hydrogen (secondary N) is 2. The van der Waals surface area contributed by atoms with Crippen molar-refractivity contribution in [2.45, 2.75) is 25.9 Å². The molecular weight excluding hydrogens is 366 g/mol. The topological polar surface area (TPSA) is 45.7 Å². The largest absolute Gasteiger partial charge is 0.493 e. The van der Waals surface area contributed by atoms with Crippen LogP contribution in [0.25, 0.3) is 0 Å². The lowest BCUT2D eigenvalue weighted by atomic mass is 10.0. The van der Waals surface area contributed by atoms with Crippen LogP contribution in [0.3, 0.4) is 0 Å². The highest BCUT2D eigenvalue weighted by molar-refractivity contribution is 9.10. The number of rotatable bonds is 3. The zero-order valence-corrected chi connectivity index (χ0v) is 15.6. The molecule has 1 aliphatic rings. The van der Waals surface area contributed by atoms with Crippen molar-refractivity contribution in [1.29, 1.82) is 0 Å². The van der Waals surface area contributed by atoms with Gasteiger partial charge in [0, 0.05) is 30.0 Å². The third-order valence-electron chi connectivity index (χ3n) is 4.24. The Hall–Kier alpha value is -2.01. The number of aliphatic imine (C=N–C) groups is 1. The summed E-state index contributed by atoms with van der Waals surface area (Å²) in [7, 11) is 1.80. The highest BCUT2D eigenvalue weighted by atomic mass is 79.9. The molecule has 1 unspecified atom stereocenters. The number of nitrogens with zero attached hydrogens (tertiary/aromatic N) is 1. The molecule has 0 aromatic heterocycles. The van der Waals surface area contributed by atoms with Gasteiger partial charge in [0.25, 0.3) is 0 Å². The second-order valence-corrected chi connectivity index (χ2v) is 6.78. The van der Waals surface area contributed by atoms with Crippen LogP contribution in [0.4, 0.5) is 0 Å². The van der Waals surface area contributed by atoms with E-state index in [0.29, 0.717) is 0 Å². The molecule has 0 saturated heterocycles. The molecule has 2 N–H and O–H groups in total. The van der Waals surface area contributed by atoms with Crippen LogP contribution < -0.4 is 15.4 Å². The SMILES string of the molecule is CN=C(NCc1ccc(Br)cc1C)NC1CCOc2ccccc21. The van der Waals surface area contributed by atoms with Crippen molar-refractivity contribution < 1.29 is 4.74 Å². The van der Waals surface area contributed by atoms with Crippen molar-refractivity contribution in [2.75, 3.05) is 13.7 Å². The number of para-hydroxylation sites is 1. The van der Waals surface area contributed by atoms with Gasteiger partial charge in [-0.3, -0.25) is 4.99 Å². The Morgan fingerprint density at radius 2 is 2.12 bits per heavy atom. The van der Waals surface area contributed by atoms with E-state index in [9.17, 15) is 0 Å². The van der Waals surface area contributed by atoms with E-state index < -0.39 is 0 Å².